The van der Waals surface area contributed by atoms with E-state index in [0.717, 1.165) is 56.8 Å². The number of carbonyl (C=O) groups is 1. The van der Waals surface area contributed by atoms with Gasteiger partial charge in [-0.1, -0.05) is 13.3 Å². The van der Waals surface area contributed by atoms with Gasteiger partial charge in [0.15, 0.2) is 0 Å². The van der Waals surface area contributed by atoms with Gasteiger partial charge in [0.05, 0.1) is 6.61 Å². The molecule has 1 aromatic carbocycles. The summed E-state index contributed by atoms with van der Waals surface area (Å²) in [6.07, 6.45) is 5.64. The molecule has 1 aliphatic heterocycles. The number of nitrogens with zero attached hydrogens (tertiary/aromatic N) is 1. The highest BCUT2D eigenvalue weighted by molar-refractivity contribution is 5.89. The van der Waals surface area contributed by atoms with Gasteiger partial charge >= 0.3 is 6.03 Å². The maximum absolute atomic E-state index is 12.0. The van der Waals surface area contributed by atoms with Crippen LogP contribution in [0.1, 0.15) is 39.0 Å². The minimum Gasteiger partial charge on any atom is -0.494 e. The number of ether oxygens (including phenoxy) is 1. The minimum atomic E-state index is 0.00403. The lowest BCUT2D eigenvalue weighted by Crippen LogP contribution is -2.38. The molecule has 1 aliphatic rings. The van der Waals surface area contributed by atoms with E-state index >= 15 is 0 Å². The van der Waals surface area contributed by atoms with Gasteiger partial charge in [0.25, 0.3) is 0 Å². The van der Waals surface area contributed by atoms with Crippen LogP contribution in [0.2, 0.25) is 0 Å². The summed E-state index contributed by atoms with van der Waals surface area (Å²) < 4.78 is 5.60. The Hall–Kier alpha value is -1.71. The summed E-state index contributed by atoms with van der Waals surface area (Å²) in [4.78, 5) is 13.9. The zero-order valence-corrected chi connectivity index (χ0v) is 12.2. The average molecular weight is 276 g/mol. The summed E-state index contributed by atoms with van der Waals surface area (Å²) in [5.74, 6) is 0.856. The van der Waals surface area contributed by atoms with Crippen LogP contribution in [0, 0.1) is 0 Å². The van der Waals surface area contributed by atoms with Crippen molar-refractivity contribution in [1.29, 1.82) is 0 Å². The van der Waals surface area contributed by atoms with Crippen molar-refractivity contribution in [2.24, 2.45) is 0 Å². The number of carbonyl (C=O) groups excluding carboxylic acids is 1. The molecule has 0 bridgehead atoms. The number of likely N-dealkylation sites (tertiary alicyclic amines) is 1. The van der Waals surface area contributed by atoms with Gasteiger partial charge in [-0.15, -0.1) is 0 Å². The zero-order chi connectivity index (χ0) is 14.2. The number of hydrogen-bond donors (Lipinski definition) is 1. The Morgan fingerprint density at radius 2 is 1.90 bits per heavy atom. The van der Waals surface area contributed by atoms with Crippen LogP contribution in [-0.4, -0.2) is 30.6 Å². The van der Waals surface area contributed by atoms with Crippen LogP contribution in [-0.2, 0) is 0 Å². The lowest BCUT2D eigenvalue weighted by molar-refractivity contribution is 0.200. The Morgan fingerprint density at radius 3 is 2.55 bits per heavy atom. The first kappa shape index (κ1) is 14.7. The summed E-state index contributed by atoms with van der Waals surface area (Å²) in [5.41, 5.74) is 0.823. The van der Waals surface area contributed by atoms with Crippen molar-refractivity contribution in [2.45, 2.75) is 39.0 Å². The van der Waals surface area contributed by atoms with E-state index in [1.54, 1.807) is 0 Å². The molecule has 2 rings (SSSR count). The molecular formula is C16H24N2O2. The number of benzene rings is 1. The Kier molecular flexibility index (Phi) is 5.71. The summed E-state index contributed by atoms with van der Waals surface area (Å²) >= 11 is 0. The molecule has 0 spiro atoms. The van der Waals surface area contributed by atoms with Crippen molar-refractivity contribution in [1.82, 2.24) is 4.90 Å². The van der Waals surface area contributed by atoms with Crippen LogP contribution in [0.15, 0.2) is 24.3 Å². The SMILES string of the molecule is CCCCOc1ccc(NC(=O)N2CCCCC2)cc1. The molecule has 1 N–H and O–H groups in total. The van der Waals surface area contributed by atoms with Gasteiger partial charge in [0.2, 0.25) is 0 Å². The number of unbranched alkanes of at least 4 members (excludes halogenated alkanes) is 1. The topological polar surface area (TPSA) is 41.6 Å². The van der Waals surface area contributed by atoms with Gasteiger partial charge in [-0.05, 0) is 49.9 Å². The Balaban J connectivity index is 1.81. The Labute approximate surface area is 121 Å². The average Bonchev–Trinajstić information content (AvgIpc) is 2.50. The predicted octanol–water partition coefficient (Wildman–Crippen LogP) is 3.88. The highest BCUT2D eigenvalue weighted by Crippen LogP contribution is 2.17. The first-order chi connectivity index (χ1) is 9.79. The molecule has 110 valence electrons. The minimum absolute atomic E-state index is 0.00403. The first-order valence-electron chi connectivity index (χ1n) is 7.58. The molecule has 0 atom stereocenters. The first-order valence-corrected chi connectivity index (χ1v) is 7.58. The molecular weight excluding hydrogens is 252 g/mol. The molecule has 0 unspecified atom stereocenters. The van der Waals surface area contributed by atoms with E-state index in [0.29, 0.717) is 0 Å². The van der Waals surface area contributed by atoms with Crippen LogP contribution in [0.25, 0.3) is 0 Å². The Bertz CT molecular complexity index is 411. The van der Waals surface area contributed by atoms with E-state index in [1.165, 1.54) is 6.42 Å². The molecule has 1 heterocycles. The van der Waals surface area contributed by atoms with Gasteiger partial charge < -0.3 is 15.0 Å². The van der Waals surface area contributed by atoms with Crippen LogP contribution < -0.4 is 10.1 Å². The summed E-state index contributed by atoms with van der Waals surface area (Å²) in [6, 6.07) is 7.60. The molecule has 0 saturated carbocycles. The van der Waals surface area contributed by atoms with Crippen molar-refractivity contribution in [2.75, 3.05) is 25.0 Å². The number of nitrogens with one attached hydrogen (secondary N) is 1. The van der Waals surface area contributed by atoms with Gasteiger partial charge in [0.1, 0.15) is 5.75 Å². The molecule has 4 heteroatoms. The second-order valence-corrected chi connectivity index (χ2v) is 5.20. The fourth-order valence-electron chi connectivity index (χ4n) is 2.27. The zero-order valence-electron chi connectivity index (χ0n) is 12.2. The number of amides is 2. The summed E-state index contributed by atoms with van der Waals surface area (Å²) in [6.45, 7) is 4.62. The van der Waals surface area contributed by atoms with Crippen molar-refractivity contribution in [3.05, 3.63) is 24.3 Å². The molecule has 2 amide bonds. The second-order valence-electron chi connectivity index (χ2n) is 5.20. The highest BCUT2D eigenvalue weighted by Gasteiger charge is 2.16. The van der Waals surface area contributed by atoms with E-state index in [1.807, 2.05) is 29.2 Å². The standard InChI is InChI=1S/C16H24N2O2/c1-2-3-13-20-15-9-7-14(8-10-15)17-16(19)18-11-5-4-6-12-18/h7-10H,2-6,11-13H2,1H3,(H,17,19). The fourth-order valence-corrected chi connectivity index (χ4v) is 2.27. The Morgan fingerprint density at radius 1 is 1.20 bits per heavy atom. The lowest BCUT2D eigenvalue weighted by atomic mass is 10.1. The highest BCUT2D eigenvalue weighted by atomic mass is 16.5. The van der Waals surface area contributed by atoms with Crippen LogP contribution in [0.5, 0.6) is 5.75 Å². The third-order valence-electron chi connectivity index (χ3n) is 3.52. The molecule has 1 fully saturated rings. The fraction of sp³-hybridized carbons (Fsp3) is 0.562. The third kappa shape index (κ3) is 4.44. The monoisotopic (exact) mass is 276 g/mol. The second kappa shape index (κ2) is 7.78. The van der Waals surface area contributed by atoms with Gasteiger partial charge in [-0.2, -0.15) is 0 Å². The maximum Gasteiger partial charge on any atom is 0.321 e. The molecule has 1 saturated heterocycles. The number of hydrogen-bond acceptors (Lipinski definition) is 2. The molecule has 1 aromatic rings. The van der Waals surface area contributed by atoms with E-state index in [-0.39, 0.29) is 6.03 Å². The molecule has 4 nitrogen and oxygen atoms in total. The number of anilines is 1. The van der Waals surface area contributed by atoms with Crippen molar-refractivity contribution in [3.8, 4) is 5.75 Å². The number of piperidine rings is 1. The quantitative estimate of drug-likeness (QED) is 0.829. The van der Waals surface area contributed by atoms with Crippen LogP contribution in [0.4, 0.5) is 10.5 Å². The number of urea groups is 1. The van der Waals surface area contributed by atoms with Crippen LogP contribution >= 0.6 is 0 Å². The third-order valence-corrected chi connectivity index (χ3v) is 3.52. The van der Waals surface area contributed by atoms with E-state index < -0.39 is 0 Å². The van der Waals surface area contributed by atoms with E-state index in [9.17, 15) is 4.79 Å². The van der Waals surface area contributed by atoms with Crippen molar-refractivity contribution >= 4 is 11.7 Å². The molecule has 20 heavy (non-hydrogen) atoms. The van der Waals surface area contributed by atoms with Crippen molar-refractivity contribution < 1.29 is 9.53 Å². The summed E-state index contributed by atoms with van der Waals surface area (Å²) in [7, 11) is 0. The van der Waals surface area contributed by atoms with Gasteiger partial charge in [0, 0.05) is 18.8 Å². The van der Waals surface area contributed by atoms with Gasteiger partial charge in [-0.3, -0.25) is 0 Å². The maximum atomic E-state index is 12.0. The van der Waals surface area contributed by atoms with E-state index in [2.05, 4.69) is 12.2 Å². The lowest BCUT2D eigenvalue weighted by Gasteiger charge is -2.26. The normalized spacial score (nSPS) is 14.9. The van der Waals surface area contributed by atoms with Crippen molar-refractivity contribution in [3.63, 3.8) is 0 Å². The van der Waals surface area contributed by atoms with E-state index in [4.69, 9.17) is 4.74 Å². The molecule has 0 aliphatic carbocycles. The van der Waals surface area contributed by atoms with Crippen LogP contribution in [0.3, 0.4) is 0 Å². The largest absolute Gasteiger partial charge is 0.494 e. The summed E-state index contributed by atoms with van der Waals surface area (Å²) in [5, 5.41) is 2.94. The van der Waals surface area contributed by atoms with Gasteiger partial charge in [-0.25, -0.2) is 4.79 Å². The smallest absolute Gasteiger partial charge is 0.321 e. The molecule has 0 aromatic heterocycles. The molecule has 0 radical (unpaired) electrons. The predicted molar refractivity (Wildman–Crippen MR) is 81.3 cm³/mol. The number of rotatable bonds is 5.